The van der Waals surface area contributed by atoms with Gasteiger partial charge in [-0.25, -0.2) is 18.5 Å². The zero-order valence-corrected chi connectivity index (χ0v) is 14.0. The van der Waals surface area contributed by atoms with Gasteiger partial charge in [0, 0.05) is 24.0 Å². The lowest BCUT2D eigenvalue weighted by molar-refractivity contribution is 0.0783. The van der Waals surface area contributed by atoms with Crippen LogP contribution in [-0.4, -0.2) is 43.1 Å². The molecular formula is C15H17N3O3S2. The predicted octanol–water partition coefficient (Wildman–Crippen LogP) is 1.56. The van der Waals surface area contributed by atoms with Crippen molar-refractivity contribution in [3.8, 4) is 10.6 Å². The molecule has 1 fully saturated rings. The minimum Gasteiger partial charge on any atom is -0.337 e. The highest BCUT2D eigenvalue weighted by Gasteiger charge is 2.30. The van der Waals surface area contributed by atoms with Crippen molar-refractivity contribution >= 4 is 27.3 Å². The first-order valence-corrected chi connectivity index (χ1v) is 9.82. The summed E-state index contributed by atoms with van der Waals surface area (Å²) in [5.41, 5.74) is 1.38. The number of carbonyl (C=O) groups excluding carboxylic acids is 1. The molecule has 6 nitrogen and oxygen atoms in total. The smallest absolute Gasteiger partial charge is 0.273 e. The molecule has 0 unspecified atom stereocenters. The molecule has 1 amide bonds. The summed E-state index contributed by atoms with van der Waals surface area (Å²) in [5.74, 6) is -0.329. The lowest BCUT2D eigenvalue weighted by atomic mass is 10.2. The average Bonchev–Trinajstić information content (AvgIpc) is 3.15. The standard InChI is InChI=1S/C15H17N3O3S2/c16-23(20,21)10-11-6-7-18(8-11)15(19)13-9-22-14(17-13)12-4-2-1-3-5-12/h1-5,9,11H,6-8,10H2,(H2,16,20,21)/t11-/m0/s1. The molecule has 0 radical (unpaired) electrons. The number of hydrogen-bond acceptors (Lipinski definition) is 5. The highest BCUT2D eigenvalue weighted by Crippen LogP contribution is 2.25. The maximum absolute atomic E-state index is 12.5. The van der Waals surface area contributed by atoms with Crippen molar-refractivity contribution in [2.75, 3.05) is 18.8 Å². The number of amides is 1. The summed E-state index contributed by atoms with van der Waals surface area (Å²) in [7, 11) is -3.50. The summed E-state index contributed by atoms with van der Waals surface area (Å²) in [6, 6.07) is 9.68. The second-order valence-corrected chi connectivity index (χ2v) is 8.16. The third kappa shape index (κ3) is 3.95. The van der Waals surface area contributed by atoms with Gasteiger partial charge in [-0.1, -0.05) is 30.3 Å². The highest BCUT2D eigenvalue weighted by molar-refractivity contribution is 7.89. The van der Waals surface area contributed by atoms with E-state index in [0.717, 1.165) is 10.6 Å². The van der Waals surface area contributed by atoms with Gasteiger partial charge in [0.1, 0.15) is 10.7 Å². The van der Waals surface area contributed by atoms with E-state index in [1.54, 1.807) is 10.3 Å². The Balaban J connectivity index is 1.69. The van der Waals surface area contributed by atoms with Gasteiger partial charge in [0.25, 0.3) is 5.91 Å². The van der Waals surface area contributed by atoms with E-state index in [9.17, 15) is 13.2 Å². The number of hydrogen-bond donors (Lipinski definition) is 1. The molecule has 2 N–H and O–H groups in total. The maximum atomic E-state index is 12.5. The fraction of sp³-hybridized carbons (Fsp3) is 0.333. The Bertz CT molecular complexity index is 802. The van der Waals surface area contributed by atoms with Crippen LogP contribution in [0.5, 0.6) is 0 Å². The molecule has 0 aliphatic carbocycles. The average molecular weight is 351 g/mol. The summed E-state index contributed by atoms with van der Waals surface area (Å²) in [6.07, 6.45) is 0.651. The topological polar surface area (TPSA) is 93.4 Å². The largest absolute Gasteiger partial charge is 0.337 e. The Morgan fingerprint density at radius 2 is 2.09 bits per heavy atom. The molecule has 0 saturated carbocycles. The first kappa shape index (κ1) is 16.1. The van der Waals surface area contributed by atoms with Gasteiger partial charge in [-0.05, 0) is 12.3 Å². The van der Waals surface area contributed by atoms with Crippen LogP contribution >= 0.6 is 11.3 Å². The molecule has 0 spiro atoms. The first-order valence-electron chi connectivity index (χ1n) is 7.23. The van der Waals surface area contributed by atoms with Gasteiger partial charge in [0.2, 0.25) is 10.0 Å². The van der Waals surface area contributed by atoms with E-state index in [1.807, 2.05) is 30.3 Å². The van der Waals surface area contributed by atoms with Gasteiger partial charge in [0.15, 0.2) is 0 Å². The van der Waals surface area contributed by atoms with Gasteiger partial charge in [-0.15, -0.1) is 11.3 Å². The summed E-state index contributed by atoms with van der Waals surface area (Å²) in [5, 5.41) is 7.62. The van der Waals surface area contributed by atoms with Crippen molar-refractivity contribution in [1.29, 1.82) is 0 Å². The van der Waals surface area contributed by atoms with Crippen LogP contribution < -0.4 is 5.14 Å². The SMILES string of the molecule is NS(=O)(=O)C[C@H]1CCN(C(=O)c2csc(-c3ccccc3)n2)C1. The molecule has 1 aliphatic rings. The Morgan fingerprint density at radius 3 is 2.78 bits per heavy atom. The van der Waals surface area contributed by atoms with Crippen LogP contribution in [0.3, 0.4) is 0 Å². The van der Waals surface area contributed by atoms with Gasteiger partial charge in [-0.3, -0.25) is 4.79 Å². The second-order valence-electron chi connectivity index (χ2n) is 5.64. The van der Waals surface area contributed by atoms with Crippen molar-refractivity contribution in [1.82, 2.24) is 9.88 Å². The van der Waals surface area contributed by atoms with Gasteiger partial charge >= 0.3 is 0 Å². The number of benzene rings is 1. The molecule has 2 heterocycles. The maximum Gasteiger partial charge on any atom is 0.273 e. The number of aromatic nitrogens is 1. The molecule has 1 aliphatic heterocycles. The first-order chi connectivity index (χ1) is 10.9. The number of thiazole rings is 1. The molecule has 8 heteroatoms. The Hall–Kier alpha value is -1.77. The van der Waals surface area contributed by atoms with Gasteiger partial charge in [-0.2, -0.15) is 0 Å². The summed E-state index contributed by atoms with van der Waals surface area (Å²) in [6.45, 7) is 0.949. The van der Waals surface area contributed by atoms with Gasteiger partial charge in [0.05, 0.1) is 5.75 Å². The number of likely N-dealkylation sites (tertiary alicyclic amines) is 1. The van der Waals surface area contributed by atoms with E-state index in [2.05, 4.69) is 4.98 Å². The predicted molar refractivity (Wildman–Crippen MR) is 89.5 cm³/mol. The second kappa shape index (κ2) is 6.38. The monoisotopic (exact) mass is 351 g/mol. The molecule has 122 valence electrons. The molecule has 1 aromatic heterocycles. The van der Waals surface area contributed by atoms with Crippen LogP contribution in [0.15, 0.2) is 35.7 Å². The molecule has 1 aromatic carbocycles. The van der Waals surface area contributed by atoms with E-state index in [4.69, 9.17) is 5.14 Å². The number of carbonyl (C=O) groups is 1. The number of sulfonamides is 1. The van der Waals surface area contributed by atoms with Crippen LogP contribution in [0.2, 0.25) is 0 Å². The van der Waals surface area contributed by atoms with E-state index in [0.29, 0.717) is 25.2 Å². The normalized spacial score (nSPS) is 18.3. The Morgan fingerprint density at radius 1 is 1.35 bits per heavy atom. The Kier molecular flexibility index (Phi) is 4.47. The van der Waals surface area contributed by atoms with Crippen molar-refractivity contribution in [2.24, 2.45) is 11.1 Å². The Labute approximate surface area is 139 Å². The van der Waals surface area contributed by atoms with Crippen LogP contribution in [0.1, 0.15) is 16.9 Å². The fourth-order valence-corrected chi connectivity index (χ4v) is 4.46. The lowest BCUT2D eigenvalue weighted by Crippen LogP contribution is -2.31. The number of rotatable bonds is 4. The van der Waals surface area contributed by atoms with Gasteiger partial charge < -0.3 is 4.90 Å². The summed E-state index contributed by atoms with van der Waals surface area (Å²) >= 11 is 1.43. The number of nitrogens with two attached hydrogens (primary N) is 1. The van der Waals surface area contributed by atoms with Crippen molar-refractivity contribution in [2.45, 2.75) is 6.42 Å². The zero-order valence-electron chi connectivity index (χ0n) is 12.4. The highest BCUT2D eigenvalue weighted by atomic mass is 32.2. The molecule has 2 aromatic rings. The molecule has 0 bridgehead atoms. The molecule has 3 rings (SSSR count). The van der Waals surface area contributed by atoms with Crippen LogP contribution in [0.4, 0.5) is 0 Å². The minimum absolute atomic E-state index is 0.0802. The zero-order chi connectivity index (χ0) is 16.4. The minimum atomic E-state index is -3.50. The molecular weight excluding hydrogens is 334 g/mol. The third-order valence-electron chi connectivity index (χ3n) is 3.79. The van der Waals surface area contributed by atoms with Crippen LogP contribution in [0, 0.1) is 5.92 Å². The quantitative estimate of drug-likeness (QED) is 0.904. The number of nitrogens with zero attached hydrogens (tertiary/aromatic N) is 2. The lowest BCUT2D eigenvalue weighted by Gasteiger charge is -2.14. The van der Waals surface area contributed by atoms with E-state index < -0.39 is 10.0 Å². The van der Waals surface area contributed by atoms with Crippen LogP contribution in [0.25, 0.3) is 10.6 Å². The molecule has 1 atom stereocenters. The molecule has 1 saturated heterocycles. The van der Waals surface area contributed by atoms with Crippen molar-refractivity contribution in [3.05, 3.63) is 41.4 Å². The molecule has 23 heavy (non-hydrogen) atoms. The van der Waals surface area contributed by atoms with E-state index >= 15 is 0 Å². The third-order valence-corrected chi connectivity index (χ3v) is 5.61. The summed E-state index contributed by atoms with van der Waals surface area (Å²) in [4.78, 5) is 18.6. The van der Waals surface area contributed by atoms with Crippen LogP contribution in [-0.2, 0) is 10.0 Å². The number of primary sulfonamides is 1. The van der Waals surface area contributed by atoms with E-state index in [-0.39, 0.29) is 17.6 Å². The van der Waals surface area contributed by atoms with E-state index in [1.165, 1.54) is 11.3 Å². The van der Waals surface area contributed by atoms with Crippen molar-refractivity contribution < 1.29 is 13.2 Å². The fourth-order valence-electron chi connectivity index (χ4n) is 2.73. The summed E-state index contributed by atoms with van der Waals surface area (Å²) < 4.78 is 22.3. The van der Waals surface area contributed by atoms with Crippen molar-refractivity contribution in [3.63, 3.8) is 0 Å².